The molecule has 1 atom stereocenters. The monoisotopic (exact) mass is 144 g/mol. The summed E-state index contributed by atoms with van der Waals surface area (Å²) in [5.41, 5.74) is 0.384. The van der Waals surface area contributed by atoms with E-state index in [1.54, 1.807) is 0 Å². The molecule has 10 heavy (non-hydrogen) atoms. The van der Waals surface area contributed by atoms with E-state index in [1.165, 1.54) is 0 Å². The number of hydrogen-bond donors (Lipinski definition) is 0. The Morgan fingerprint density at radius 1 is 1.30 bits per heavy atom. The maximum atomic E-state index is 5.32. The first kappa shape index (κ1) is 9.96. The molecule has 0 fully saturated rings. The first-order valence-corrected chi connectivity index (χ1v) is 4.06. The van der Waals surface area contributed by atoms with Crippen LogP contribution in [0.5, 0.6) is 0 Å². The Bertz CT molecular complexity index is 81.2. The summed E-state index contributed by atoms with van der Waals surface area (Å²) in [5.74, 6) is 0.646. The zero-order valence-electron chi connectivity index (χ0n) is 7.90. The van der Waals surface area contributed by atoms with E-state index in [2.05, 4.69) is 27.7 Å². The van der Waals surface area contributed by atoms with Gasteiger partial charge in [0.05, 0.1) is 0 Å². The molecule has 0 amide bonds. The molecule has 0 unspecified atom stereocenters. The van der Waals surface area contributed by atoms with Crippen LogP contribution in [0.25, 0.3) is 0 Å². The fourth-order valence-corrected chi connectivity index (χ4v) is 0.545. The molecule has 1 heteroatoms. The molecule has 0 bridgehead atoms. The Balaban J connectivity index is 3.52. The standard InChI is InChI=1S/C9H20O/c1-6-10-7-8(2)9(3,4)5/h8H,6-7H2,1-5H3/t8-/m1/s1. The van der Waals surface area contributed by atoms with Crippen molar-refractivity contribution in [1.82, 2.24) is 0 Å². The highest BCUT2D eigenvalue weighted by Crippen LogP contribution is 2.24. The molecule has 0 spiro atoms. The lowest BCUT2D eigenvalue weighted by atomic mass is 9.83. The summed E-state index contributed by atoms with van der Waals surface area (Å²) < 4.78 is 5.32. The topological polar surface area (TPSA) is 9.23 Å². The van der Waals surface area contributed by atoms with E-state index >= 15 is 0 Å². The summed E-state index contributed by atoms with van der Waals surface area (Å²) in [6.07, 6.45) is 0. The molecular formula is C9H20O. The quantitative estimate of drug-likeness (QED) is 0.591. The summed E-state index contributed by atoms with van der Waals surface area (Å²) in [6.45, 7) is 12.7. The predicted octanol–water partition coefficient (Wildman–Crippen LogP) is 2.71. The summed E-state index contributed by atoms with van der Waals surface area (Å²) in [7, 11) is 0. The van der Waals surface area contributed by atoms with Crippen molar-refractivity contribution in [2.45, 2.75) is 34.6 Å². The minimum atomic E-state index is 0.384. The second-order valence-corrected chi connectivity index (χ2v) is 3.93. The zero-order valence-corrected chi connectivity index (χ0v) is 7.90. The third kappa shape index (κ3) is 3.89. The maximum absolute atomic E-state index is 5.32. The van der Waals surface area contributed by atoms with Crippen molar-refractivity contribution in [3.8, 4) is 0 Å². The van der Waals surface area contributed by atoms with Gasteiger partial charge in [-0.2, -0.15) is 0 Å². The van der Waals surface area contributed by atoms with Gasteiger partial charge in [-0.3, -0.25) is 0 Å². The van der Waals surface area contributed by atoms with Crippen molar-refractivity contribution < 1.29 is 4.74 Å². The second-order valence-electron chi connectivity index (χ2n) is 3.93. The number of rotatable bonds is 3. The van der Waals surface area contributed by atoms with Gasteiger partial charge in [-0.1, -0.05) is 27.7 Å². The van der Waals surface area contributed by atoms with Crippen LogP contribution in [0.2, 0.25) is 0 Å². The van der Waals surface area contributed by atoms with Crippen LogP contribution in [0.1, 0.15) is 34.6 Å². The molecule has 1 nitrogen and oxygen atoms in total. The van der Waals surface area contributed by atoms with Gasteiger partial charge in [0.1, 0.15) is 0 Å². The van der Waals surface area contributed by atoms with Crippen molar-refractivity contribution in [1.29, 1.82) is 0 Å². The molecule has 0 aliphatic rings. The molecule has 0 aromatic heterocycles. The normalized spacial score (nSPS) is 15.3. The van der Waals surface area contributed by atoms with E-state index in [-0.39, 0.29) is 0 Å². The Morgan fingerprint density at radius 2 is 1.80 bits per heavy atom. The van der Waals surface area contributed by atoms with E-state index < -0.39 is 0 Å². The highest BCUT2D eigenvalue weighted by atomic mass is 16.5. The van der Waals surface area contributed by atoms with Crippen LogP contribution < -0.4 is 0 Å². The highest BCUT2D eigenvalue weighted by molar-refractivity contribution is 4.68. The lowest BCUT2D eigenvalue weighted by Crippen LogP contribution is -2.22. The van der Waals surface area contributed by atoms with Gasteiger partial charge in [0.2, 0.25) is 0 Å². The van der Waals surface area contributed by atoms with Crippen molar-refractivity contribution in [2.24, 2.45) is 11.3 Å². The molecule has 62 valence electrons. The molecule has 0 heterocycles. The molecule has 0 saturated heterocycles. The van der Waals surface area contributed by atoms with E-state index in [9.17, 15) is 0 Å². The van der Waals surface area contributed by atoms with Gasteiger partial charge in [0.15, 0.2) is 0 Å². The third-order valence-electron chi connectivity index (χ3n) is 2.05. The first-order chi connectivity index (χ1) is 4.48. The van der Waals surface area contributed by atoms with Crippen LogP contribution in [-0.2, 0) is 4.74 Å². The Morgan fingerprint density at radius 3 is 2.10 bits per heavy atom. The van der Waals surface area contributed by atoms with Crippen molar-refractivity contribution >= 4 is 0 Å². The van der Waals surface area contributed by atoms with Crippen LogP contribution in [-0.4, -0.2) is 13.2 Å². The third-order valence-corrected chi connectivity index (χ3v) is 2.05. The SMILES string of the molecule is CCOC[C@@H](C)C(C)(C)C. The average Bonchev–Trinajstić information content (AvgIpc) is 1.80. The van der Waals surface area contributed by atoms with Crippen molar-refractivity contribution in [3.63, 3.8) is 0 Å². The average molecular weight is 144 g/mol. The van der Waals surface area contributed by atoms with Crippen LogP contribution in [0.3, 0.4) is 0 Å². The molecule has 0 rings (SSSR count). The minimum absolute atomic E-state index is 0.384. The second kappa shape index (κ2) is 3.97. The maximum Gasteiger partial charge on any atom is 0.0496 e. The van der Waals surface area contributed by atoms with Crippen molar-refractivity contribution in [3.05, 3.63) is 0 Å². The summed E-state index contributed by atoms with van der Waals surface area (Å²) in [5, 5.41) is 0. The predicted molar refractivity (Wildman–Crippen MR) is 45.1 cm³/mol. The summed E-state index contributed by atoms with van der Waals surface area (Å²) in [4.78, 5) is 0. The summed E-state index contributed by atoms with van der Waals surface area (Å²) >= 11 is 0. The van der Waals surface area contributed by atoms with Gasteiger partial charge in [0.25, 0.3) is 0 Å². The van der Waals surface area contributed by atoms with Crippen molar-refractivity contribution in [2.75, 3.05) is 13.2 Å². The molecule has 0 aromatic rings. The van der Waals surface area contributed by atoms with Crippen LogP contribution in [0.4, 0.5) is 0 Å². The Kier molecular flexibility index (Phi) is 3.95. The summed E-state index contributed by atoms with van der Waals surface area (Å²) in [6, 6.07) is 0. The van der Waals surface area contributed by atoms with E-state index in [1.807, 2.05) is 6.92 Å². The van der Waals surface area contributed by atoms with Gasteiger partial charge in [0, 0.05) is 13.2 Å². The zero-order chi connectivity index (χ0) is 8.20. The molecule has 0 aromatic carbocycles. The van der Waals surface area contributed by atoms with Gasteiger partial charge < -0.3 is 4.74 Å². The smallest absolute Gasteiger partial charge is 0.0496 e. The van der Waals surface area contributed by atoms with Gasteiger partial charge in [-0.05, 0) is 18.3 Å². The van der Waals surface area contributed by atoms with Gasteiger partial charge >= 0.3 is 0 Å². The van der Waals surface area contributed by atoms with Gasteiger partial charge in [-0.15, -0.1) is 0 Å². The molecule has 0 saturated carbocycles. The fraction of sp³-hybridized carbons (Fsp3) is 1.00. The lowest BCUT2D eigenvalue weighted by Gasteiger charge is -2.26. The van der Waals surface area contributed by atoms with E-state index in [4.69, 9.17) is 4.74 Å². The molecular weight excluding hydrogens is 124 g/mol. The molecule has 0 aliphatic heterocycles. The van der Waals surface area contributed by atoms with E-state index in [0.717, 1.165) is 13.2 Å². The van der Waals surface area contributed by atoms with Crippen LogP contribution in [0.15, 0.2) is 0 Å². The molecule has 0 N–H and O–H groups in total. The largest absolute Gasteiger partial charge is 0.381 e. The fourth-order valence-electron chi connectivity index (χ4n) is 0.545. The van der Waals surface area contributed by atoms with E-state index in [0.29, 0.717) is 11.3 Å². The minimum Gasteiger partial charge on any atom is -0.381 e. The number of ether oxygens (including phenoxy) is 1. The van der Waals surface area contributed by atoms with Crippen LogP contribution >= 0.6 is 0 Å². The molecule has 0 radical (unpaired) electrons. The lowest BCUT2D eigenvalue weighted by molar-refractivity contribution is 0.0719. The molecule has 0 aliphatic carbocycles. The Hall–Kier alpha value is -0.0400. The first-order valence-electron chi connectivity index (χ1n) is 4.06. The highest BCUT2D eigenvalue weighted by Gasteiger charge is 2.19. The van der Waals surface area contributed by atoms with Gasteiger partial charge in [-0.25, -0.2) is 0 Å². The number of hydrogen-bond acceptors (Lipinski definition) is 1. The Labute approximate surface area is 64.8 Å². The van der Waals surface area contributed by atoms with Crippen LogP contribution in [0, 0.1) is 11.3 Å².